The zero-order valence-electron chi connectivity index (χ0n) is 11.4. The van der Waals surface area contributed by atoms with Crippen LogP contribution in [0.25, 0.3) is 11.1 Å². The maximum Gasteiger partial charge on any atom is 0.321 e. The van der Waals surface area contributed by atoms with Gasteiger partial charge in [0.25, 0.3) is 0 Å². The van der Waals surface area contributed by atoms with Crippen molar-refractivity contribution >= 4 is 35.1 Å². The molecule has 0 fully saturated rings. The van der Waals surface area contributed by atoms with Crippen molar-refractivity contribution in [1.82, 2.24) is 0 Å². The van der Waals surface area contributed by atoms with Crippen LogP contribution in [-0.4, -0.2) is 6.85 Å². The second kappa shape index (κ2) is 4.98. The van der Waals surface area contributed by atoms with Gasteiger partial charge in [-0.3, -0.25) is 0 Å². The van der Waals surface area contributed by atoms with E-state index >= 15 is 0 Å². The van der Waals surface area contributed by atoms with Crippen molar-refractivity contribution in [2.45, 2.75) is 0 Å². The van der Waals surface area contributed by atoms with Gasteiger partial charge in [-0.05, 0) is 29.2 Å². The van der Waals surface area contributed by atoms with E-state index < -0.39 is 0 Å². The molecule has 1 N–H and O–H groups in total. The SMILES string of the molecule is Clc1ccc2c(c1)-c1ccccc1B(c1ccccc1)N2. The summed E-state index contributed by atoms with van der Waals surface area (Å²) in [5.74, 6) is 0. The summed E-state index contributed by atoms with van der Waals surface area (Å²) in [6, 6.07) is 25.1. The molecular formula is C18H13BClN. The summed E-state index contributed by atoms with van der Waals surface area (Å²) in [6.45, 7) is 0.177. The summed E-state index contributed by atoms with van der Waals surface area (Å²) in [5, 5.41) is 4.41. The van der Waals surface area contributed by atoms with Gasteiger partial charge in [0.2, 0.25) is 0 Å². The highest BCUT2D eigenvalue weighted by molar-refractivity contribution is 6.89. The summed E-state index contributed by atoms with van der Waals surface area (Å²) in [4.78, 5) is 0. The molecule has 0 atom stereocenters. The van der Waals surface area contributed by atoms with Gasteiger partial charge < -0.3 is 5.23 Å². The third kappa shape index (κ3) is 2.12. The first-order valence-corrected chi connectivity index (χ1v) is 7.41. The van der Waals surface area contributed by atoms with Crippen LogP contribution in [0, 0.1) is 0 Å². The van der Waals surface area contributed by atoms with E-state index in [-0.39, 0.29) is 6.85 Å². The molecule has 3 aromatic rings. The van der Waals surface area contributed by atoms with Gasteiger partial charge in [0.05, 0.1) is 0 Å². The summed E-state index contributed by atoms with van der Waals surface area (Å²) in [6.07, 6.45) is 0. The quantitative estimate of drug-likeness (QED) is 0.676. The minimum absolute atomic E-state index is 0.177. The molecule has 1 aliphatic heterocycles. The molecule has 100 valence electrons. The molecule has 0 aromatic heterocycles. The second-order valence-electron chi connectivity index (χ2n) is 5.27. The van der Waals surface area contributed by atoms with E-state index in [2.05, 4.69) is 59.8 Å². The standard InChI is InChI=1S/C18H13BClN/c20-14-10-11-18-16(12-14)15-8-4-5-9-17(15)19(21-18)13-6-2-1-3-7-13/h1-12,21H. The van der Waals surface area contributed by atoms with Crippen LogP contribution in [0.4, 0.5) is 5.69 Å². The lowest BCUT2D eigenvalue weighted by molar-refractivity contribution is 1.57. The average molecular weight is 290 g/mol. The van der Waals surface area contributed by atoms with Gasteiger partial charge in [-0.15, -0.1) is 0 Å². The fraction of sp³-hybridized carbons (Fsp3) is 0. The van der Waals surface area contributed by atoms with Gasteiger partial charge in [0, 0.05) is 16.3 Å². The van der Waals surface area contributed by atoms with Crippen molar-refractivity contribution in [3.8, 4) is 11.1 Å². The molecule has 0 amide bonds. The summed E-state index contributed by atoms with van der Waals surface area (Å²) < 4.78 is 0. The van der Waals surface area contributed by atoms with Crippen LogP contribution in [0.15, 0.2) is 72.8 Å². The Hall–Kier alpha value is -2.19. The molecular weight excluding hydrogens is 276 g/mol. The number of anilines is 1. The summed E-state index contributed by atoms with van der Waals surface area (Å²) >= 11 is 6.17. The Bertz CT molecular complexity index is 801. The van der Waals surface area contributed by atoms with Crippen molar-refractivity contribution < 1.29 is 0 Å². The molecule has 1 heterocycles. The van der Waals surface area contributed by atoms with E-state index in [0.717, 1.165) is 10.7 Å². The normalized spacial score (nSPS) is 12.3. The second-order valence-corrected chi connectivity index (χ2v) is 5.70. The van der Waals surface area contributed by atoms with Gasteiger partial charge in [-0.1, -0.05) is 71.7 Å². The highest BCUT2D eigenvalue weighted by atomic mass is 35.5. The lowest BCUT2D eigenvalue weighted by Crippen LogP contribution is -2.51. The van der Waals surface area contributed by atoms with Crippen molar-refractivity contribution in [2.24, 2.45) is 0 Å². The molecule has 3 heteroatoms. The highest BCUT2D eigenvalue weighted by Gasteiger charge is 2.28. The largest absolute Gasteiger partial charge is 0.420 e. The third-order valence-electron chi connectivity index (χ3n) is 3.98. The average Bonchev–Trinajstić information content (AvgIpc) is 2.55. The first-order valence-electron chi connectivity index (χ1n) is 7.03. The number of benzene rings is 3. The number of rotatable bonds is 1. The predicted octanol–water partition coefficient (Wildman–Crippen LogP) is 3.54. The van der Waals surface area contributed by atoms with Crippen LogP contribution in [-0.2, 0) is 0 Å². The maximum atomic E-state index is 6.17. The van der Waals surface area contributed by atoms with Crippen LogP contribution in [0.3, 0.4) is 0 Å². The molecule has 0 aliphatic carbocycles. The molecule has 0 saturated carbocycles. The molecule has 21 heavy (non-hydrogen) atoms. The Morgan fingerprint density at radius 2 is 1.52 bits per heavy atom. The molecule has 0 spiro atoms. The van der Waals surface area contributed by atoms with Crippen molar-refractivity contribution in [1.29, 1.82) is 0 Å². The minimum atomic E-state index is 0.177. The summed E-state index contributed by atoms with van der Waals surface area (Å²) in [7, 11) is 0. The lowest BCUT2D eigenvalue weighted by Gasteiger charge is -2.27. The zero-order valence-corrected chi connectivity index (χ0v) is 12.1. The molecule has 0 bridgehead atoms. The zero-order chi connectivity index (χ0) is 14.2. The van der Waals surface area contributed by atoms with Crippen LogP contribution in [0.1, 0.15) is 0 Å². The third-order valence-corrected chi connectivity index (χ3v) is 4.21. The smallest absolute Gasteiger partial charge is 0.321 e. The van der Waals surface area contributed by atoms with E-state index in [1.54, 1.807) is 0 Å². The highest BCUT2D eigenvalue weighted by Crippen LogP contribution is 2.33. The minimum Gasteiger partial charge on any atom is -0.420 e. The van der Waals surface area contributed by atoms with E-state index in [0.29, 0.717) is 0 Å². The molecule has 0 unspecified atom stereocenters. The van der Waals surface area contributed by atoms with Gasteiger partial charge in [0.1, 0.15) is 0 Å². The Morgan fingerprint density at radius 1 is 0.762 bits per heavy atom. The number of hydrogen-bond donors (Lipinski definition) is 1. The van der Waals surface area contributed by atoms with E-state index in [9.17, 15) is 0 Å². The molecule has 1 nitrogen and oxygen atoms in total. The Labute approximate surface area is 129 Å². The Kier molecular flexibility index (Phi) is 2.97. The van der Waals surface area contributed by atoms with Gasteiger partial charge in [-0.2, -0.15) is 0 Å². The fourth-order valence-electron chi connectivity index (χ4n) is 3.00. The molecule has 0 saturated heterocycles. The number of hydrogen-bond acceptors (Lipinski definition) is 1. The molecule has 0 radical (unpaired) electrons. The van der Waals surface area contributed by atoms with Crippen molar-refractivity contribution in [3.63, 3.8) is 0 Å². The van der Waals surface area contributed by atoms with E-state index in [1.165, 1.54) is 22.1 Å². The molecule has 1 aliphatic rings. The fourth-order valence-corrected chi connectivity index (χ4v) is 3.17. The first-order chi connectivity index (χ1) is 10.3. The van der Waals surface area contributed by atoms with E-state index in [4.69, 9.17) is 11.6 Å². The number of halogens is 1. The van der Waals surface area contributed by atoms with Crippen molar-refractivity contribution in [2.75, 3.05) is 5.23 Å². The predicted molar refractivity (Wildman–Crippen MR) is 92.0 cm³/mol. The van der Waals surface area contributed by atoms with Crippen LogP contribution in [0.5, 0.6) is 0 Å². The maximum absolute atomic E-state index is 6.17. The molecule has 4 rings (SSSR count). The summed E-state index contributed by atoms with van der Waals surface area (Å²) in [5.41, 5.74) is 6.11. The topological polar surface area (TPSA) is 12.0 Å². The lowest BCUT2D eigenvalue weighted by atomic mass is 9.48. The number of fused-ring (bicyclic) bond motifs is 3. The van der Waals surface area contributed by atoms with Crippen LogP contribution in [0.2, 0.25) is 5.02 Å². The van der Waals surface area contributed by atoms with Crippen LogP contribution < -0.4 is 16.2 Å². The van der Waals surface area contributed by atoms with Gasteiger partial charge in [-0.25, -0.2) is 0 Å². The monoisotopic (exact) mass is 289 g/mol. The van der Waals surface area contributed by atoms with Crippen LogP contribution >= 0.6 is 11.6 Å². The van der Waals surface area contributed by atoms with Crippen molar-refractivity contribution in [3.05, 3.63) is 77.8 Å². The molecule has 3 aromatic carbocycles. The Morgan fingerprint density at radius 3 is 2.38 bits per heavy atom. The first kappa shape index (κ1) is 12.5. The van der Waals surface area contributed by atoms with Gasteiger partial charge >= 0.3 is 6.85 Å². The van der Waals surface area contributed by atoms with Gasteiger partial charge in [0.15, 0.2) is 0 Å². The van der Waals surface area contributed by atoms with E-state index in [1.807, 2.05) is 18.2 Å². The Balaban J connectivity index is 1.93. The number of nitrogens with one attached hydrogen (secondary N) is 1.